The topological polar surface area (TPSA) is 83.0 Å². The van der Waals surface area contributed by atoms with Crippen molar-refractivity contribution in [3.05, 3.63) is 68.9 Å². The first-order valence-electron chi connectivity index (χ1n) is 12.7. The van der Waals surface area contributed by atoms with E-state index >= 15 is 0 Å². The molecule has 0 unspecified atom stereocenters. The van der Waals surface area contributed by atoms with E-state index in [4.69, 9.17) is 0 Å². The van der Waals surface area contributed by atoms with Crippen molar-refractivity contribution in [1.82, 2.24) is 19.9 Å². The van der Waals surface area contributed by atoms with Crippen molar-refractivity contribution in [1.29, 1.82) is 0 Å². The molecule has 0 aliphatic heterocycles. The summed E-state index contributed by atoms with van der Waals surface area (Å²) in [5.74, 6) is 0.643. The lowest BCUT2D eigenvalue weighted by atomic mass is 9.92. The largest absolute Gasteiger partial charge is 0.369 e. The number of carbonyl (C=O) groups excluding carboxylic acids is 1. The standard InChI is InChI=1S/C28H37N5O2/c1-6-33(22-10-8-7-9-11-22)25-16-21(26-29-12-13-32(26)5)15-23(20(25)4)27(34)30-17-24-18(2)14-19(3)31-28(24)35/h12-16,22H,6-11,17H2,1-5H3,(H,30,34)(H,31,35). The second kappa shape index (κ2) is 10.5. The highest BCUT2D eigenvalue weighted by atomic mass is 16.1. The Morgan fingerprint density at radius 3 is 2.54 bits per heavy atom. The second-order valence-electron chi connectivity index (χ2n) is 9.73. The van der Waals surface area contributed by atoms with Crippen LogP contribution >= 0.6 is 0 Å². The molecule has 4 rings (SSSR count). The molecule has 0 radical (unpaired) electrons. The molecule has 1 saturated carbocycles. The zero-order valence-electron chi connectivity index (χ0n) is 21.6. The van der Waals surface area contributed by atoms with Gasteiger partial charge in [0.05, 0.1) is 0 Å². The molecular weight excluding hydrogens is 438 g/mol. The quantitative estimate of drug-likeness (QED) is 0.515. The Labute approximate surface area is 207 Å². The average Bonchev–Trinajstić information content (AvgIpc) is 3.26. The molecule has 186 valence electrons. The molecule has 2 aromatic heterocycles. The van der Waals surface area contributed by atoms with Crippen molar-refractivity contribution in [2.75, 3.05) is 11.4 Å². The van der Waals surface area contributed by atoms with E-state index in [0.29, 0.717) is 17.2 Å². The lowest BCUT2D eigenvalue weighted by Crippen LogP contribution is -2.37. The van der Waals surface area contributed by atoms with Crippen LogP contribution in [0, 0.1) is 20.8 Å². The number of aromatic nitrogens is 3. The van der Waals surface area contributed by atoms with Crippen LogP contribution in [0.3, 0.4) is 0 Å². The van der Waals surface area contributed by atoms with Gasteiger partial charge >= 0.3 is 0 Å². The van der Waals surface area contributed by atoms with Crippen molar-refractivity contribution in [2.24, 2.45) is 7.05 Å². The molecule has 3 aromatic rings. The van der Waals surface area contributed by atoms with E-state index in [2.05, 4.69) is 33.2 Å². The summed E-state index contributed by atoms with van der Waals surface area (Å²) in [6.07, 6.45) is 9.84. The van der Waals surface area contributed by atoms with Crippen LogP contribution in [0.1, 0.15) is 71.8 Å². The van der Waals surface area contributed by atoms with Crippen LogP contribution in [0.25, 0.3) is 11.4 Å². The average molecular weight is 476 g/mol. The van der Waals surface area contributed by atoms with Gasteiger partial charge in [-0.05, 0) is 69.9 Å². The zero-order valence-corrected chi connectivity index (χ0v) is 21.6. The number of hydrogen-bond donors (Lipinski definition) is 2. The number of rotatable bonds is 7. The highest BCUT2D eigenvalue weighted by Crippen LogP contribution is 2.34. The van der Waals surface area contributed by atoms with E-state index < -0.39 is 0 Å². The molecule has 35 heavy (non-hydrogen) atoms. The summed E-state index contributed by atoms with van der Waals surface area (Å²) in [6, 6.07) is 6.52. The molecule has 7 nitrogen and oxygen atoms in total. The van der Waals surface area contributed by atoms with Crippen molar-refractivity contribution in [2.45, 2.75) is 72.4 Å². The summed E-state index contributed by atoms with van der Waals surface area (Å²) < 4.78 is 1.97. The molecule has 1 aromatic carbocycles. The van der Waals surface area contributed by atoms with Gasteiger partial charge in [0.1, 0.15) is 5.82 Å². The number of aromatic amines is 1. The predicted molar refractivity (Wildman–Crippen MR) is 141 cm³/mol. The Morgan fingerprint density at radius 2 is 1.91 bits per heavy atom. The first-order valence-corrected chi connectivity index (χ1v) is 12.7. The Balaban J connectivity index is 1.72. The monoisotopic (exact) mass is 475 g/mol. The van der Waals surface area contributed by atoms with Gasteiger partial charge in [-0.3, -0.25) is 9.59 Å². The summed E-state index contributed by atoms with van der Waals surface area (Å²) >= 11 is 0. The Kier molecular flexibility index (Phi) is 7.43. The number of hydrogen-bond acceptors (Lipinski definition) is 4. The third-order valence-electron chi connectivity index (χ3n) is 7.29. The van der Waals surface area contributed by atoms with Gasteiger partial charge in [0, 0.05) is 66.6 Å². The van der Waals surface area contributed by atoms with Gasteiger partial charge in [-0.2, -0.15) is 0 Å². The smallest absolute Gasteiger partial charge is 0.253 e. The Bertz CT molecular complexity index is 1270. The molecule has 0 saturated heterocycles. The molecule has 0 atom stereocenters. The normalized spacial score (nSPS) is 14.2. The maximum atomic E-state index is 13.5. The van der Waals surface area contributed by atoms with Gasteiger partial charge < -0.3 is 19.8 Å². The number of nitrogens with one attached hydrogen (secondary N) is 2. The van der Waals surface area contributed by atoms with Crippen molar-refractivity contribution < 1.29 is 4.79 Å². The Morgan fingerprint density at radius 1 is 1.17 bits per heavy atom. The summed E-state index contributed by atoms with van der Waals surface area (Å²) in [6.45, 7) is 9.04. The van der Waals surface area contributed by atoms with Gasteiger partial charge in [-0.15, -0.1) is 0 Å². The molecule has 0 bridgehead atoms. The number of imidazole rings is 1. The lowest BCUT2D eigenvalue weighted by Gasteiger charge is -2.37. The first kappa shape index (κ1) is 24.8. The summed E-state index contributed by atoms with van der Waals surface area (Å²) in [5.41, 5.74) is 5.71. The zero-order chi connectivity index (χ0) is 25.1. The number of H-pyrrole nitrogens is 1. The van der Waals surface area contributed by atoms with Gasteiger partial charge in [-0.25, -0.2) is 4.98 Å². The maximum Gasteiger partial charge on any atom is 0.253 e. The van der Waals surface area contributed by atoms with Gasteiger partial charge in [0.25, 0.3) is 11.5 Å². The number of pyridine rings is 1. The van der Waals surface area contributed by atoms with E-state index in [-0.39, 0.29) is 18.0 Å². The molecule has 7 heteroatoms. The molecule has 1 aliphatic carbocycles. The van der Waals surface area contributed by atoms with Crippen LogP contribution in [-0.4, -0.2) is 33.0 Å². The van der Waals surface area contributed by atoms with E-state index in [9.17, 15) is 9.59 Å². The molecule has 2 N–H and O–H groups in total. The van der Waals surface area contributed by atoms with Crippen molar-refractivity contribution in [3.8, 4) is 11.4 Å². The van der Waals surface area contributed by atoms with Crippen LogP contribution in [0.4, 0.5) is 5.69 Å². The number of aryl methyl sites for hydroxylation is 3. The van der Waals surface area contributed by atoms with Crippen molar-refractivity contribution >= 4 is 11.6 Å². The number of amides is 1. The Hall–Kier alpha value is -3.35. The summed E-state index contributed by atoms with van der Waals surface area (Å²) in [5, 5.41) is 3.00. The minimum Gasteiger partial charge on any atom is -0.369 e. The SMILES string of the molecule is CCN(c1cc(-c2nccn2C)cc(C(=O)NCc2c(C)cc(C)[nH]c2=O)c1C)C1CCCCC1. The second-order valence-corrected chi connectivity index (χ2v) is 9.73. The highest BCUT2D eigenvalue weighted by Gasteiger charge is 2.25. The van der Waals surface area contributed by atoms with Crippen LogP contribution in [0.5, 0.6) is 0 Å². The minimum absolute atomic E-state index is 0.156. The van der Waals surface area contributed by atoms with E-state index in [1.165, 1.54) is 32.1 Å². The van der Waals surface area contributed by atoms with Gasteiger partial charge in [0.2, 0.25) is 0 Å². The third-order valence-corrected chi connectivity index (χ3v) is 7.29. The number of carbonyl (C=O) groups is 1. The molecule has 2 heterocycles. The van der Waals surface area contributed by atoms with E-state index in [1.807, 2.05) is 50.7 Å². The lowest BCUT2D eigenvalue weighted by molar-refractivity contribution is 0.0950. The van der Waals surface area contributed by atoms with E-state index in [0.717, 1.165) is 40.4 Å². The van der Waals surface area contributed by atoms with E-state index in [1.54, 1.807) is 6.20 Å². The van der Waals surface area contributed by atoms with Crippen LogP contribution < -0.4 is 15.8 Å². The highest BCUT2D eigenvalue weighted by molar-refractivity contribution is 5.98. The van der Waals surface area contributed by atoms with Crippen LogP contribution in [0.15, 0.2) is 35.4 Å². The van der Waals surface area contributed by atoms with Gasteiger partial charge in [0.15, 0.2) is 0 Å². The van der Waals surface area contributed by atoms with Crippen LogP contribution in [0.2, 0.25) is 0 Å². The molecule has 1 aliphatic rings. The fourth-order valence-corrected chi connectivity index (χ4v) is 5.39. The summed E-state index contributed by atoms with van der Waals surface area (Å²) in [7, 11) is 1.97. The number of anilines is 1. The fraction of sp³-hybridized carbons (Fsp3) is 0.464. The molecular formula is C28H37N5O2. The van der Waals surface area contributed by atoms with Crippen LogP contribution in [-0.2, 0) is 13.6 Å². The maximum absolute atomic E-state index is 13.5. The predicted octanol–water partition coefficient (Wildman–Crippen LogP) is 4.79. The molecule has 0 spiro atoms. The molecule has 1 amide bonds. The third kappa shape index (κ3) is 5.19. The van der Waals surface area contributed by atoms with Crippen molar-refractivity contribution in [3.63, 3.8) is 0 Å². The first-order chi connectivity index (χ1) is 16.8. The number of nitrogens with zero attached hydrogens (tertiary/aromatic N) is 3. The molecule has 1 fully saturated rings. The number of benzene rings is 1. The fourth-order valence-electron chi connectivity index (χ4n) is 5.39. The minimum atomic E-state index is -0.182. The van der Waals surface area contributed by atoms with Gasteiger partial charge in [-0.1, -0.05) is 19.3 Å². The summed E-state index contributed by atoms with van der Waals surface area (Å²) in [4.78, 5) is 35.8.